The van der Waals surface area contributed by atoms with E-state index in [1.165, 1.54) is 16.4 Å². The van der Waals surface area contributed by atoms with E-state index >= 15 is 0 Å². The number of carbonyl (C=O) groups excluding carboxylic acids is 1. The van der Waals surface area contributed by atoms with Gasteiger partial charge in [0.2, 0.25) is 10.0 Å². The van der Waals surface area contributed by atoms with Crippen molar-refractivity contribution in [3.05, 3.63) is 90.0 Å². The Labute approximate surface area is 206 Å². The topological polar surface area (TPSA) is 79.0 Å². The number of amides is 1. The Morgan fingerprint density at radius 1 is 0.886 bits per heavy atom. The van der Waals surface area contributed by atoms with E-state index < -0.39 is 10.0 Å². The van der Waals surface area contributed by atoms with E-state index in [1.807, 2.05) is 54.6 Å². The van der Waals surface area contributed by atoms with Crippen molar-refractivity contribution < 1.29 is 17.9 Å². The summed E-state index contributed by atoms with van der Waals surface area (Å²) in [6.07, 6.45) is 1.80. The van der Waals surface area contributed by atoms with E-state index in [9.17, 15) is 13.2 Å². The summed E-state index contributed by atoms with van der Waals surface area (Å²) in [6.45, 7) is 3.64. The summed E-state index contributed by atoms with van der Waals surface area (Å²) >= 11 is 0. The maximum absolute atomic E-state index is 13.2. The molecule has 3 aromatic rings. The van der Waals surface area contributed by atoms with Crippen molar-refractivity contribution >= 4 is 33.4 Å². The van der Waals surface area contributed by atoms with Crippen LogP contribution in [0, 0.1) is 0 Å². The van der Waals surface area contributed by atoms with Gasteiger partial charge in [-0.3, -0.25) is 4.79 Å². The van der Waals surface area contributed by atoms with Crippen LogP contribution in [0.5, 0.6) is 5.75 Å². The number of sulfonamides is 1. The quantitative estimate of drug-likeness (QED) is 0.500. The maximum Gasteiger partial charge on any atom is 0.251 e. The number of ether oxygens (including phenoxy) is 1. The van der Waals surface area contributed by atoms with Crippen LogP contribution in [0.3, 0.4) is 0 Å². The van der Waals surface area contributed by atoms with Gasteiger partial charge in [0, 0.05) is 37.4 Å². The van der Waals surface area contributed by atoms with Crippen LogP contribution in [-0.2, 0) is 14.8 Å². The summed E-state index contributed by atoms with van der Waals surface area (Å²) in [5.74, 6) is 0.534. The molecule has 1 heterocycles. The van der Waals surface area contributed by atoms with Crippen LogP contribution in [0.25, 0.3) is 6.08 Å². The Morgan fingerprint density at radius 2 is 1.51 bits per heavy atom. The first-order chi connectivity index (χ1) is 16.9. The Balaban J connectivity index is 1.39. The largest absolute Gasteiger partial charge is 0.495 e. The molecular weight excluding hydrogens is 462 g/mol. The van der Waals surface area contributed by atoms with Crippen LogP contribution in [0.2, 0.25) is 0 Å². The van der Waals surface area contributed by atoms with Gasteiger partial charge in [0.1, 0.15) is 5.75 Å². The van der Waals surface area contributed by atoms with Gasteiger partial charge >= 0.3 is 0 Å². The Morgan fingerprint density at radius 3 is 2.17 bits per heavy atom. The van der Waals surface area contributed by atoms with Crippen molar-refractivity contribution in [1.82, 2.24) is 4.31 Å². The third-order valence-electron chi connectivity index (χ3n) is 5.96. The molecule has 1 N–H and O–H groups in total. The zero-order chi connectivity index (χ0) is 24.8. The number of rotatable bonds is 7. The number of hydrogen-bond donors (Lipinski definition) is 1. The molecule has 1 saturated heterocycles. The van der Waals surface area contributed by atoms with Gasteiger partial charge in [-0.25, -0.2) is 8.42 Å². The fourth-order valence-electron chi connectivity index (χ4n) is 4.01. The van der Waals surface area contributed by atoms with Gasteiger partial charge in [-0.05, 0) is 55.0 Å². The minimum absolute atomic E-state index is 0.206. The highest BCUT2D eigenvalue weighted by atomic mass is 32.2. The van der Waals surface area contributed by atoms with Crippen molar-refractivity contribution in [1.29, 1.82) is 0 Å². The Bertz CT molecular complexity index is 1300. The highest BCUT2D eigenvalue weighted by Crippen LogP contribution is 2.29. The SMILES string of the molecule is COc1ccccc1N1CCN(S(=O)(=O)c2ccc(NC(=O)/C(C)=C/c3ccccc3)cc2)CC1. The monoisotopic (exact) mass is 491 g/mol. The van der Waals surface area contributed by atoms with Gasteiger partial charge in [0.15, 0.2) is 0 Å². The number of nitrogens with zero attached hydrogens (tertiary/aromatic N) is 2. The summed E-state index contributed by atoms with van der Waals surface area (Å²) in [5.41, 5.74) is 2.99. The minimum atomic E-state index is -3.63. The van der Waals surface area contributed by atoms with E-state index in [4.69, 9.17) is 4.74 Å². The molecule has 0 unspecified atom stereocenters. The van der Waals surface area contributed by atoms with E-state index in [2.05, 4.69) is 10.2 Å². The first-order valence-corrected chi connectivity index (χ1v) is 12.9. The number of para-hydroxylation sites is 2. The van der Waals surface area contributed by atoms with E-state index in [1.54, 1.807) is 32.2 Å². The molecule has 8 heteroatoms. The average molecular weight is 492 g/mol. The number of nitrogens with one attached hydrogen (secondary N) is 1. The Kier molecular flexibility index (Phi) is 7.53. The van der Waals surface area contributed by atoms with Gasteiger partial charge < -0.3 is 15.0 Å². The smallest absolute Gasteiger partial charge is 0.251 e. The lowest BCUT2D eigenvalue weighted by molar-refractivity contribution is -0.112. The normalized spacial score (nSPS) is 15.0. The maximum atomic E-state index is 13.2. The molecule has 0 aromatic heterocycles. The van der Waals surface area contributed by atoms with Crippen LogP contribution >= 0.6 is 0 Å². The molecule has 4 rings (SSSR count). The van der Waals surface area contributed by atoms with Gasteiger partial charge in [-0.1, -0.05) is 42.5 Å². The molecule has 0 atom stereocenters. The van der Waals surface area contributed by atoms with Crippen LogP contribution in [0.4, 0.5) is 11.4 Å². The zero-order valence-corrected chi connectivity index (χ0v) is 20.7. The number of carbonyl (C=O) groups is 1. The number of anilines is 2. The first-order valence-electron chi connectivity index (χ1n) is 11.4. The molecular formula is C27H29N3O4S. The van der Waals surface area contributed by atoms with Crippen molar-refractivity contribution in [2.24, 2.45) is 0 Å². The highest BCUT2D eigenvalue weighted by molar-refractivity contribution is 7.89. The number of piperazine rings is 1. The summed E-state index contributed by atoms with van der Waals surface area (Å²) in [7, 11) is -2.00. The summed E-state index contributed by atoms with van der Waals surface area (Å²) in [6, 6.07) is 23.6. The second-order valence-corrected chi connectivity index (χ2v) is 10.2. The summed E-state index contributed by atoms with van der Waals surface area (Å²) in [4.78, 5) is 14.9. The van der Waals surface area contributed by atoms with Gasteiger partial charge in [-0.2, -0.15) is 4.31 Å². The van der Waals surface area contributed by atoms with Crippen LogP contribution < -0.4 is 15.0 Å². The minimum Gasteiger partial charge on any atom is -0.495 e. The van der Waals surface area contributed by atoms with Crippen LogP contribution in [0.15, 0.2) is 89.3 Å². The van der Waals surface area contributed by atoms with E-state index in [0.717, 1.165) is 17.0 Å². The third-order valence-corrected chi connectivity index (χ3v) is 7.87. The molecule has 1 aliphatic heterocycles. The molecule has 1 aliphatic rings. The van der Waals surface area contributed by atoms with Crippen LogP contribution in [-0.4, -0.2) is 51.9 Å². The molecule has 35 heavy (non-hydrogen) atoms. The molecule has 0 spiro atoms. The molecule has 7 nitrogen and oxygen atoms in total. The standard InChI is InChI=1S/C27H29N3O4S/c1-21(20-22-8-4-3-5-9-22)27(31)28-23-12-14-24(15-13-23)35(32,33)30-18-16-29(17-19-30)25-10-6-7-11-26(25)34-2/h3-15,20H,16-19H2,1-2H3,(H,28,31)/b21-20+. The zero-order valence-electron chi connectivity index (χ0n) is 19.8. The third kappa shape index (κ3) is 5.72. The fraction of sp³-hybridized carbons (Fsp3) is 0.222. The lowest BCUT2D eigenvalue weighted by Gasteiger charge is -2.35. The first kappa shape index (κ1) is 24.5. The second kappa shape index (κ2) is 10.8. The predicted molar refractivity (Wildman–Crippen MR) is 139 cm³/mol. The number of benzene rings is 3. The second-order valence-electron chi connectivity index (χ2n) is 8.28. The molecule has 0 radical (unpaired) electrons. The van der Waals surface area contributed by atoms with Gasteiger partial charge in [-0.15, -0.1) is 0 Å². The Hall–Kier alpha value is -3.62. The lowest BCUT2D eigenvalue weighted by atomic mass is 10.1. The van der Waals surface area contributed by atoms with Crippen molar-refractivity contribution in [2.45, 2.75) is 11.8 Å². The molecule has 0 bridgehead atoms. The number of methoxy groups -OCH3 is 1. The molecule has 1 amide bonds. The summed E-state index contributed by atoms with van der Waals surface area (Å²) < 4.78 is 33.3. The van der Waals surface area contributed by atoms with Gasteiger partial charge in [0.25, 0.3) is 5.91 Å². The van der Waals surface area contributed by atoms with E-state index in [-0.39, 0.29) is 10.8 Å². The van der Waals surface area contributed by atoms with Gasteiger partial charge in [0.05, 0.1) is 17.7 Å². The summed E-state index contributed by atoms with van der Waals surface area (Å²) in [5, 5.41) is 2.82. The van der Waals surface area contributed by atoms with Crippen molar-refractivity contribution in [3.63, 3.8) is 0 Å². The fourth-order valence-corrected chi connectivity index (χ4v) is 5.44. The van der Waals surface area contributed by atoms with Crippen molar-refractivity contribution in [2.75, 3.05) is 43.5 Å². The average Bonchev–Trinajstić information content (AvgIpc) is 2.89. The molecule has 1 fully saturated rings. The lowest BCUT2D eigenvalue weighted by Crippen LogP contribution is -2.48. The molecule has 182 valence electrons. The molecule has 0 aliphatic carbocycles. The highest BCUT2D eigenvalue weighted by Gasteiger charge is 2.29. The predicted octanol–water partition coefficient (Wildman–Crippen LogP) is 4.25. The molecule has 3 aromatic carbocycles. The van der Waals surface area contributed by atoms with Crippen LogP contribution in [0.1, 0.15) is 12.5 Å². The van der Waals surface area contributed by atoms with E-state index in [0.29, 0.717) is 37.4 Å². The number of hydrogen-bond acceptors (Lipinski definition) is 5. The molecule has 0 saturated carbocycles. The van der Waals surface area contributed by atoms with Crippen molar-refractivity contribution in [3.8, 4) is 5.75 Å².